The van der Waals surface area contributed by atoms with Crippen LogP contribution in [0.2, 0.25) is 0 Å². The highest BCUT2D eigenvalue weighted by molar-refractivity contribution is 5.23. The summed E-state index contributed by atoms with van der Waals surface area (Å²) in [4.78, 5) is 2.57. The lowest BCUT2D eigenvalue weighted by Gasteiger charge is -2.33. The third-order valence-corrected chi connectivity index (χ3v) is 4.01. The summed E-state index contributed by atoms with van der Waals surface area (Å²) >= 11 is 0. The van der Waals surface area contributed by atoms with Crippen molar-refractivity contribution in [2.75, 3.05) is 26.2 Å². The molecule has 2 heteroatoms. The van der Waals surface area contributed by atoms with Gasteiger partial charge in [-0.1, -0.05) is 36.8 Å². The Bertz CT molecular complexity index is 382. The molecule has 0 radical (unpaired) electrons. The molecule has 1 unspecified atom stereocenters. The van der Waals surface area contributed by atoms with E-state index < -0.39 is 0 Å². The molecule has 100 valence electrons. The predicted molar refractivity (Wildman–Crippen MR) is 77.7 cm³/mol. The van der Waals surface area contributed by atoms with Gasteiger partial charge in [0, 0.05) is 6.54 Å². The summed E-state index contributed by atoms with van der Waals surface area (Å²) in [6.45, 7) is 8.89. The van der Waals surface area contributed by atoms with E-state index in [0.29, 0.717) is 0 Å². The molecule has 1 aliphatic rings. The molecule has 1 saturated heterocycles. The molecule has 0 spiro atoms. The van der Waals surface area contributed by atoms with Gasteiger partial charge in [-0.3, -0.25) is 0 Å². The Kier molecular flexibility index (Phi) is 4.41. The predicted octanol–water partition coefficient (Wildman–Crippen LogP) is 2.60. The van der Waals surface area contributed by atoms with Gasteiger partial charge in [0.15, 0.2) is 0 Å². The Labute approximate surface area is 111 Å². The third-order valence-electron chi connectivity index (χ3n) is 4.01. The number of benzene rings is 1. The number of nitrogens with two attached hydrogens (primary N) is 1. The van der Waals surface area contributed by atoms with E-state index in [0.717, 1.165) is 19.5 Å². The van der Waals surface area contributed by atoms with Crippen molar-refractivity contribution in [3.05, 3.63) is 35.4 Å². The zero-order valence-electron chi connectivity index (χ0n) is 11.8. The minimum atomic E-state index is 0.206. The lowest BCUT2D eigenvalue weighted by atomic mass is 9.83. The first-order chi connectivity index (χ1) is 8.61. The van der Waals surface area contributed by atoms with Gasteiger partial charge in [0.25, 0.3) is 0 Å². The highest BCUT2D eigenvalue weighted by atomic mass is 15.1. The standard InChI is InChI=1S/C16H26N2/c1-14-6-5-7-15(10-14)11-16(2,12-17)13-18-8-3-4-9-18/h5-7,10H,3-4,8-9,11-13,17H2,1-2H3. The van der Waals surface area contributed by atoms with Crippen molar-refractivity contribution in [2.24, 2.45) is 11.1 Å². The Morgan fingerprint density at radius 2 is 2.00 bits per heavy atom. The van der Waals surface area contributed by atoms with Crippen molar-refractivity contribution in [3.63, 3.8) is 0 Å². The molecular weight excluding hydrogens is 220 g/mol. The minimum Gasteiger partial charge on any atom is -0.330 e. The molecule has 1 heterocycles. The zero-order chi connectivity index (χ0) is 13.0. The average Bonchev–Trinajstić information content (AvgIpc) is 2.81. The normalized spacial score (nSPS) is 19.9. The molecule has 2 nitrogen and oxygen atoms in total. The molecule has 18 heavy (non-hydrogen) atoms. The number of rotatable bonds is 5. The summed E-state index contributed by atoms with van der Waals surface area (Å²) in [5.41, 5.74) is 9.01. The molecule has 1 fully saturated rings. The Hall–Kier alpha value is -0.860. The molecule has 0 bridgehead atoms. The molecule has 2 N–H and O–H groups in total. The second kappa shape index (κ2) is 5.85. The fraction of sp³-hybridized carbons (Fsp3) is 0.625. The first kappa shape index (κ1) is 13.6. The molecular formula is C16H26N2. The van der Waals surface area contributed by atoms with E-state index in [1.807, 2.05) is 0 Å². The number of nitrogens with zero attached hydrogens (tertiary/aromatic N) is 1. The molecule has 1 aromatic carbocycles. The maximum absolute atomic E-state index is 6.04. The Balaban J connectivity index is 2.02. The Morgan fingerprint density at radius 3 is 2.61 bits per heavy atom. The summed E-state index contributed by atoms with van der Waals surface area (Å²) < 4.78 is 0. The van der Waals surface area contributed by atoms with Crippen molar-refractivity contribution < 1.29 is 0 Å². The van der Waals surface area contributed by atoms with Crippen molar-refractivity contribution in [1.82, 2.24) is 4.90 Å². The molecule has 0 aliphatic carbocycles. The fourth-order valence-electron chi connectivity index (χ4n) is 2.99. The molecule has 1 aromatic rings. The summed E-state index contributed by atoms with van der Waals surface area (Å²) in [7, 11) is 0. The van der Waals surface area contributed by atoms with Gasteiger partial charge in [0.1, 0.15) is 0 Å². The number of hydrogen-bond donors (Lipinski definition) is 1. The van der Waals surface area contributed by atoms with Crippen LogP contribution in [-0.2, 0) is 6.42 Å². The van der Waals surface area contributed by atoms with Crippen LogP contribution in [0.4, 0.5) is 0 Å². The van der Waals surface area contributed by atoms with Gasteiger partial charge in [0.2, 0.25) is 0 Å². The van der Waals surface area contributed by atoms with E-state index in [1.54, 1.807) is 0 Å². The van der Waals surface area contributed by atoms with Crippen LogP contribution in [0.3, 0.4) is 0 Å². The number of aryl methyl sites for hydroxylation is 1. The highest BCUT2D eigenvalue weighted by Gasteiger charge is 2.27. The fourth-order valence-corrected chi connectivity index (χ4v) is 2.99. The molecule has 0 saturated carbocycles. The lowest BCUT2D eigenvalue weighted by Crippen LogP contribution is -2.41. The third kappa shape index (κ3) is 3.56. The van der Waals surface area contributed by atoms with E-state index >= 15 is 0 Å². The van der Waals surface area contributed by atoms with Crippen LogP contribution in [0.15, 0.2) is 24.3 Å². The first-order valence-corrected chi connectivity index (χ1v) is 7.09. The van der Waals surface area contributed by atoms with Crippen LogP contribution in [0.25, 0.3) is 0 Å². The molecule has 0 amide bonds. The quantitative estimate of drug-likeness (QED) is 0.865. The molecule has 2 rings (SSSR count). The van der Waals surface area contributed by atoms with Gasteiger partial charge in [-0.2, -0.15) is 0 Å². The maximum Gasteiger partial charge on any atom is 0.00506 e. The number of hydrogen-bond acceptors (Lipinski definition) is 2. The maximum atomic E-state index is 6.04. The van der Waals surface area contributed by atoms with E-state index in [-0.39, 0.29) is 5.41 Å². The van der Waals surface area contributed by atoms with Crippen molar-refractivity contribution in [2.45, 2.75) is 33.1 Å². The minimum absolute atomic E-state index is 0.206. The van der Waals surface area contributed by atoms with E-state index in [1.165, 1.54) is 37.1 Å². The van der Waals surface area contributed by atoms with Crippen molar-refractivity contribution in [3.8, 4) is 0 Å². The summed E-state index contributed by atoms with van der Waals surface area (Å²) in [6, 6.07) is 8.82. The topological polar surface area (TPSA) is 29.3 Å². The molecule has 0 aromatic heterocycles. The average molecular weight is 246 g/mol. The zero-order valence-corrected chi connectivity index (χ0v) is 11.8. The van der Waals surface area contributed by atoms with Gasteiger partial charge in [-0.25, -0.2) is 0 Å². The molecule has 1 atom stereocenters. The van der Waals surface area contributed by atoms with Gasteiger partial charge in [-0.15, -0.1) is 0 Å². The van der Waals surface area contributed by atoms with Crippen LogP contribution in [0, 0.1) is 12.3 Å². The van der Waals surface area contributed by atoms with Gasteiger partial charge >= 0.3 is 0 Å². The van der Waals surface area contributed by atoms with Crippen molar-refractivity contribution >= 4 is 0 Å². The Morgan fingerprint density at radius 1 is 1.28 bits per heavy atom. The lowest BCUT2D eigenvalue weighted by molar-refractivity contribution is 0.196. The summed E-state index contributed by atoms with van der Waals surface area (Å²) in [5, 5.41) is 0. The summed E-state index contributed by atoms with van der Waals surface area (Å²) in [5.74, 6) is 0. The summed E-state index contributed by atoms with van der Waals surface area (Å²) in [6.07, 6.45) is 3.79. The van der Waals surface area contributed by atoms with Crippen molar-refractivity contribution in [1.29, 1.82) is 0 Å². The van der Waals surface area contributed by atoms with Gasteiger partial charge < -0.3 is 10.6 Å². The second-order valence-corrected chi connectivity index (χ2v) is 6.16. The van der Waals surface area contributed by atoms with Gasteiger partial charge in [0.05, 0.1) is 0 Å². The van der Waals surface area contributed by atoms with Crippen LogP contribution in [-0.4, -0.2) is 31.1 Å². The van der Waals surface area contributed by atoms with Crippen LogP contribution in [0.1, 0.15) is 30.9 Å². The SMILES string of the molecule is Cc1cccc(CC(C)(CN)CN2CCCC2)c1. The van der Waals surface area contributed by atoms with E-state index in [2.05, 4.69) is 43.0 Å². The van der Waals surface area contributed by atoms with Crippen LogP contribution >= 0.6 is 0 Å². The largest absolute Gasteiger partial charge is 0.330 e. The highest BCUT2D eigenvalue weighted by Crippen LogP contribution is 2.25. The number of likely N-dealkylation sites (tertiary alicyclic amines) is 1. The smallest absolute Gasteiger partial charge is 0.00506 e. The van der Waals surface area contributed by atoms with Gasteiger partial charge in [-0.05, 0) is 56.8 Å². The monoisotopic (exact) mass is 246 g/mol. The van der Waals surface area contributed by atoms with E-state index in [9.17, 15) is 0 Å². The van der Waals surface area contributed by atoms with Crippen LogP contribution in [0.5, 0.6) is 0 Å². The second-order valence-electron chi connectivity index (χ2n) is 6.16. The van der Waals surface area contributed by atoms with E-state index in [4.69, 9.17) is 5.73 Å². The van der Waals surface area contributed by atoms with Crippen LogP contribution < -0.4 is 5.73 Å². The molecule has 1 aliphatic heterocycles. The first-order valence-electron chi connectivity index (χ1n) is 7.09.